The molecule has 0 aromatic carbocycles. The number of pyridine rings is 1. The summed E-state index contributed by atoms with van der Waals surface area (Å²) in [6.45, 7) is 6.06. The Hall–Kier alpha value is -1.84. The zero-order valence-electron chi connectivity index (χ0n) is 10.5. The van der Waals surface area contributed by atoms with Crippen molar-refractivity contribution in [3.05, 3.63) is 34.3 Å². The molecule has 0 saturated carbocycles. The first-order valence-electron chi connectivity index (χ1n) is 5.54. The van der Waals surface area contributed by atoms with E-state index in [1.807, 2.05) is 13.8 Å². The summed E-state index contributed by atoms with van der Waals surface area (Å²) in [7, 11) is 1.80. The first-order valence-corrected chi connectivity index (χ1v) is 5.54. The van der Waals surface area contributed by atoms with Crippen LogP contribution in [0.2, 0.25) is 0 Å². The van der Waals surface area contributed by atoms with Gasteiger partial charge in [0, 0.05) is 32.3 Å². The van der Waals surface area contributed by atoms with Gasteiger partial charge in [-0.3, -0.25) is 9.78 Å². The lowest BCUT2D eigenvalue weighted by molar-refractivity contribution is -0.115. The summed E-state index contributed by atoms with van der Waals surface area (Å²) in [4.78, 5) is 17.5. The molecule has 17 heavy (non-hydrogen) atoms. The molecule has 1 aromatic rings. The fourth-order valence-electron chi connectivity index (χ4n) is 2.19. The van der Waals surface area contributed by atoms with Crippen LogP contribution in [0.4, 0.5) is 0 Å². The summed E-state index contributed by atoms with van der Waals surface area (Å²) in [5.74, 6) is -0.153. The second-order valence-corrected chi connectivity index (χ2v) is 4.50. The Bertz CT molecular complexity index is 532. The van der Waals surface area contributed by atoms with Crippen molar-refractivity contribution in [3.8, 4) is 0 Å². The molecule has 1 aliphatic heterocycles. The molecule has 4 nitrogen and oxygen atoms in total. The first kappa shape index (κ1) is 11.6. The molecular weight excluding hydrogens is 216 g/mol. The van der Waals surface area contributed by atoms with Gasteiger partial charge in [-0.05, 0) is 25.0 Å². The van der Waals surface area contributed by atoms with Gasteiger partial charge in [0.2, 0.25) is 0 Å². The Morgan fingerprint density at radius 3 is 2.71 bits per heavy atom. The van der Waals surface area contributed by atoms with Crippen molar-refractivity contribution in [2.24, 2.45) is 0 Å². The minimum Gasteiger partial charge on any atom is -0.504 e. The molecular formula is C13H16N2O2. The van der Waals surface area contributed by atoms with E-state index in [1.54, 1.807) is 18.1 Å². The molecule has 2 rings (SSSR count). The molecule has 0 fully saturated rings. The van der Waals surface area contributed by atoms with Crippen molar-refractivity contribution < 1.29 is 9.90 Å². The predicted octanol–water partition coefficient (Wildman–Crippen LogP) is 1.96. The number of aryl methyl sites for hydroxylation is 1. The number of aromatic nitrogens is 1. The highest BCUT2D eigenvalue weighted by atomic mass is 16.3. The summed E-state index contributed by atoms with van der Waals surface area (Å²) < 4.78 is 0. The van der Waals surface area contributed by atoms with Crippen LogP contribution in [0, 0.1) is 13.8 Å². The highest BCUT2D eigenvalue weighted by Crippen LogP contribution is 2.30. The van der Waals surface area contributed by atoms with Crippen molar-refractivity contribution in [2.75, 3.05) is 7.05 Å². The standard InChI is InChI=1S/C13H16N2O2/c1-7-5-14-11-10(8(7)2)6-15(4)12(9(3)16)13(11)17/h5,17H,6H2,1-4H3. The van der Waals surface area contributed by atoms with E-state index in [2.05, 4.69) is 4.98 Å². The molecule has 0 unspecified atom stereocenters. The van der Waals surface area contributed by atoms with Crippen LogP contribution in [0.5, 0.6) is 0 Å². The Morgan fingerprint density at radius 1 is 1.47 bits per heavy atom. The van der Waals surface area contributed by atoms with Crippen LogP contribution in [-0.4, -0.2) is 27.8 Å². The number of hydrogen-bond acceptors (Lipinski definition) is 4. The zero-order chi connectivity index (χ0) is 12.7. The van der Waals surface area contributed by atoms with Crippen molar-refractivity contribution in [2.45, 2.75) is 27.3 Å². The molecule has 0 spiro atoms. The molecule has 4 heteroatoms. The van der Waals surface area contributed by atoms with Crippen molar-refractivity contribution >= 4 is 11.5 Å². The van der Waals surface area contributed by atoms with Gasteiger partial charge in [-0.15, -0.1) is 0 Å². The lowest BCUT2D eigenvalue weighted by Crippen LogP contribution is -2.29. The Labute approximate surface area is 101 Å². The van der Waals surface area contributed by atoms with E-state index in [0.717, 1.165) is 16.7 Å². The van der Waals surface area contributed by atoms with Gasteiger partial charge in [-0.2, -0.15) is 0 Å². The topological polar surface area (TPSA) is 53.4 Å². The van der Waals surface area contributed by atoms with Crippen LogP contribution in [0.3, 0.4) is 0 Å². The fraction of sp³-hybridized carbons (Fsp3) is 0.385. The molecule has 1 aromatic heterocycles. The molecule has 0 atom stereocenters. The van der Waals surface area contributed by atoms with Gasteiger partial charge in [-0.1, -0.05) is 0 Å². The second-order valence-electron chi connectivity index (χ2n) is 4.50. The van der Waals surface area contributed by atoms with Gasteiger partial charge < -0.3 is 10.0 Å². The van der Waals surface area contributed by atoms with E-state index in [0.29, 0.717) is 17.9 Å². The van der Waals surface area contributed by atoms with Gasteiger partial charge in [0.05, 0.1) is 0 Å². The van der Waals surface area contributed by atoms with Crippen molar-refractivity contribution in [1.29, 1.82) is 0 Å². The molecule has 0 radical (unpaired) electrons. The van der Waals surface area contributed by atoms with Crippen LogP contribution >= 0.6 is 0 Å². The highest BCUT2D eigenvalue weighted by Gasteiger charge is 2.27. The average molecular weight is 232 g/mol. The van der Waals surface area contributed by atoms with Crippen LogP contribution in [0.15, 0.2) is 11.9 Å². The van der Waals surface area contributed by atoms with Crippen molar-refractivity contribution in [1.82, 2.24) is 9.88 Å². The maximum Gasteiger partial charge on any atom is 0.179 e. The second kappa shape index (κ2) is 3.87. The quantitative estimate of drug-likeness (QED) is 0.804. The number of allylic oxidation sites excluding steroid dienone is 1. The number of carbonyl (C=O) groups excluding carboxylic acids is 1. The van der Waals surface area contributed by atoms with E-state index >= 15 is 0 Å². The summed E-state index contributed by atoms with van der Waals surface area (Å²) in [6.07, 6.45) is 1.73. The smallest absolute Gasteiger partial charge is 0.179 e. The average Bonchev–Trinajstić information content (AvgIpc) is 2.23. The van der Waals surface area contributed by atoms with E-state index in [1.165, 1.54) is 6.92 Å². The van der Waals surface area contributed by atoms with Gasteiger partial charge >= 0.3 is 0 Å². The van der Waals surface area contributed by atoms with Crippen molar-refractivity contribution in [3.63, 3.8) is 0 Å². The minimum atomic E-state index is -0.143. The molecule has 2 heterocycles. The lowest BCUT2D eigenvalue weighted by atomic mass is 9.97. The third kappa shape index (κ3) is 1.69. The highest BCUT2D eigenvalue weighted by molar-refractivity contribution is 5.99. The van der Waals surface area contributed by atoms with Gasteiger partial charge in [-0.25, -0.2) is 0 Å². The Balaban J connectivity index is 2.70. The Kier molecular flexibility index (Phi) is 2.65. The largest absolute Gasteiger partial charge is 0.504 e. The van der Waals surface area contributed by atoms with E-state index in [-0.39, 0.29) is 11.5 Å². The van der Waals surface area contributed by atoms with E-state index in [4.69, 9.17) is 0 Å². The summed E-state index contributed by atoms with van der Waals surface area (Å²) >= 11 is 0. The number of Topliss-reactive ketones (excluding diaryl/α,β-unsaturated/α-hetero) is 1. The summed E-state index contributed by atoms with van der Waals surface area (Å²) in [6, 6.07) is 0. The molecule has 1 aliphatic rings. The predicted molar refractivity (Wildman–Crippen MR) is 65.4 cm³/mol. The third-order valence-corrected chi connectivity index (χ3v) is 3.28. The van der Waals surface area contributed by atoms with E-state index in [9.17, 15) is 9.90 Å². The monoisotopic (exact) mass is 232 g/mol. The van der Waals surface area contributed by atoms with Gasteiger partial charge in [0.1, 0.15) is 11.4 Å². The number of fused-ring (bicyclic) bond motifs is 1. The Morgan fingerprint density at radius 2 is 2.12 bits per heavy atom. The summed E-state index contributed by atoms with van der Waals surface area (Å²) in [5.41, 5.74) is 4.09. The number of likely N-dealkylation sites (N-methyl/N-ethyl adjacent to an activating group) is 1. The number of carbonyl (C=O) groups is 1. The summed E-state index contributed by atoms with van der Waals surface area (Å²) in [5, 5.41) is 10.1. The molecule has 1 N–H and O–H groups in total. The number of aliphatic hydroxyl groups is 1. The lowest BCUT2D eigenvalue weighted by Gasteiger charge is -2.29. The van der Waals surface area contributed by atoms with Crippen LogP contribution in [-0.2, 0) is 11.3 Å². The molecule has 0 aliphatic carbocycles. The number of hydrogen-bond donors (Lipinski definition) is 1. The molecule has 0 bridgehead atoms. The third-order valence-electron chi connectivity index (χ3n) is 3.28. The minimum absolute atomic E-state index is 0.00986. The SMILES string of the molecule is CC(=O)C1=C(O)c2ncc(C)c(C)c2CN1C. The number of aliphatic hydroxyl groups excluding tert-OH is 1. The fourth-order valence-corrected chi connectivity index (χ4v) is 2.19. The van der Waals surface area contributed by atoms with Crippen LogP contribution in [0.1, 0.15) is 29.3 Å². The maximum absolute atomic E-state index is 11.5. The zero-order valence-corrected chi connectivity index (χ0v) is 10.5. The van der Waals surface area contributed by atoms with Crippen LogP contribution in [0.25, 0.3) is 5.76 Å². The van der Waals surface area contributed by atoms with E-state index < -0.39 is 0 Å². The number of ketones is 1. The molecule has 90 valence electrons. The molecule has 0 amide bonds. The normalized spacial score (nSPS) is 14.9. The number of nitrogens with zero attached hydrogens (tertiary/aromatic N) is 2. The first-order chi connectivity index (χ1) is 7.93. The number of rotatable bonds is 1. The molecule has 0 saturated heterocycles. The van der Waals surface area contributed by atoms with Gasteiger partial charge in [0.15, 0.2) is 11.5 Å². The van der Waals surface area contributed by atoms with Gasteiger partial charge in [0.25, 0.3) is 0 Å². The maximum atomic E-state index is 11.5. The van der Waals surface area contributed by atoms with Crippen LogP contribution < -0.4 is 0 Å².